The Balaban J connectivity index is 1.44. The average molecular weight is 487 g/mol. The van der Waals surface area contributed by atoms with E-state index in [0.717, 1.165) is 28.7 Å². The number of hydrogen-bond donors (Lipinski definition) is 3. The molecule has 1 saturated heterocycles. The molecule has 3 heterocycles. The molecule has 1 atom stereocenters. The number of nitrogens with zero attached hydrogens (tertiary/aromatic N) is 5. The minimum atomic E-state index is -0.0535. The van der Waals surface area contributed by atoms with Crippen LogP contribution >= 0.6 is 0 Å². The van der Waals surface area contributed by atoms with Crippen LogP contribution in [0.2, 0.25) is 0 Å². The summed E-state index contributed by atoms with van der Waals surface area (Å²) in [4.78, 5) is 30.0. The maximum absolute atomic E-state index is 11.8. The predicted octanol–water partition coefficient (Wildman–Crippen LogP) is 4.08. The number of para-hydroxylation sites is 1. The number of piperazine rings is 1. The molecule has 0 unspecified atom stereocenters. The highest BCUT2D eigenvalue weighted by molar-refractivity contribution is 5.89. The van der Waals surface area contributed by atoms with Gasteiger partial charge in [-0.1, -0.05) is 24.6 Å². The monoisotopic (exact) mass is 486 g/mol. The molecule has 1 aliphatic heterocycles. The number of hydrogen-bond acceptors (Lipinski definition) is 8. The molecule has 0 bridgehead atoms. The third kappa shape index (κ3) is 5.10. The quantitative estimate of drug-likeness (QED) is 0.412. The lowest BCUT2D eigenvalue weighted by Gasteiger charge is -2.34. The molecule has 3 N–H and O–H groups in total. The standard InChI is InChI=1S/C27H34N8O/c1-18(22-14-21-8-3-4-9-23(21)29-17-22)31-26-25(30-16-20-6-5-7-20)24(15-28)32-27(33-26)35-12-10-34(11-13-35)19(2)36/h3-4,8-9,14-15,17-18,20,28,30H,5-7,10-13,16H2,1-2H3,(H,31,32,33)/t18-/m1/s1. The topological polar surface area (TPSA) is 110 Å². The van der Waals surface area contributed by atoms with Crippen LogP contribution in [0.5, 0.6) is 0 Å². The average Bonchev–Trinajstić information content (AvgIpc) is 2.88. The Morgan fingerprint density at radius 2 is 1.97 bits per heavy atom. The molecule has 9 nitrogen and oxygen atoms in total. The van der Waals surface area contributed by atoms with Crippen molar-refractivity contribution in [2.45, 2.75) is 39.2 Å². The van der Waals surface area contributed by atoms with Crippen molar-refractivity contribution in [2.24, 2.45) is 5.92 Å². The van der Waals surface area contributed by atoms with Gasteiger partial charge in [0, 0.05) is 57.4 Å². The van der Waals surface area contributed by atoms with Crippen LogP contribution in [0.3, 0.4) is 0 Å². The van der Waals surface area contributed by atoms with E-state index in [1.54, 1.807) is 6.92 Å². The van der Waals surface area contributed by atoms with Gasteiger partial charge >= 0.3 is 0 Å². The van der Waals surface area contributed by atoms with Crippen molar-refractivity contribution < 1.29 is 4.79 Å². The lowest BCUT2D eigenvalue weighted by molar-refractivity contribution is -0.129. The molecule has 9 heteroatoms. The van der Waals surface area contributed by atoms with Crippen LogP contribution in [0.4, 0.5) is 17.5 Å². The smallest absolute Gasteiger partial charge is 0.228 e. The molecule has 188 valence electrons. The normalized spacial score (nSPS) is 16.9. The van der Waals surface area contributed by atoms with Crippen LogP contribution in [0.15, 0.2) is 36.5 Å². The first kappa shape index (κ1) is 24.0. The predicted molar refractivity (Wildman–Crippen MR) is 144 cm³/mol. The van der Waals surface area contributed by atoms with Crippen molar-refractivity contribution in [3.63, 3.8) is 0 Å². The zero-order chi connectivity index (χ0) is 25.1. The summed E-state index contributed by atoms with van der Waals surface area (Å²) >= 11 is 0. The minimum Gasteiger partial charge on any atom is -0.380 e. The number of pyridine rings is 1. The van der Waals surface area contributed by atoms with Gasteiger partial charge in [0.05, 0.1) is 11.6 Å². The highest BCUT2D eigenvalue weighted by Crippen LogP contribution is 2.32. The maximum atomic E-state index is 11.8. The molecule has 1 aromatic carbocycles. The maximum Gasteiger partial charge on any atom is 0.228 e. The van der Waals surface area contributed by atoms with Gasteiger partial charge in [-0.05, 0) is 43.4 Å². The molecule has 2 aromatic heterocycles. The molecule has 1 amide bonds. The van der Waals surface area contributed by atoms with E-state index in [1.807, 2.05) is 29.3 Å². The zero-order valence-electron chi connectivity index (χ0n) is 21.0. The SMILES string of the molecule is CC(=O)N1CCN(c2nc(C=N)c(NCC3CCC3)c(N[C@H](C)c3cnc4ccccc4c3)n2)CC1. The summed E-state index contributed by atoms with van der Waals surface area (Å²) < 4.78 is 0. The minimum absolute atomic E-state index is 0.0535. The fraction of sp³-hybridized carbons (Fsp3) is 0.444. The number of anilines is 3. The summed E-state index contributed by atoms with van der Waals surface area (Å²) in [5, 5.41) is 16.3. The van der Waals surface area contributed by atoms with E-state index in [1.165, 1.54) is 25.5 Å². The number of carbonyl (C=O) groups is 1. The number of rotatable bonds is 8. The molecule has 36 heavy (non-hydrogen) atoms. The first-order valence-electron chi connectivity index (χ1n) is 12.8. The summed E-state index contributed by atoms with van der Waals surface area (Å²) in [6.45, 7) is 7.16. The van der Waals surface area contributed by atoms with Crippen molar-refractivity contribution in [2.75, 3.05) is 48.3 Å². The van der Waals surface area contributed by atoms with E-state index in [9.17, 15) is 4.79 Å². The number of aromatic nitrogens is 3. The van der Waals surface area contributed by atoms with Gasteiger partial charge in [0.25, 0.3) is 0 Å². The Morgan fingerprint density at radius 3 is 2.67 bits per heavy atom. The van der Waals surface area contributed by atoms with Gasteiger partial charge in [0.15, 0.2) is 5.82 Å². The van der Waals surface area contributed by atoms with E-state index < -0.39 is 0 Å². The Morgan fingerprint density at radius 1 is 1.19 bits per heavy atom. The lowest BCUT2D eigenvalue weighted by Crippen LogP contribution is -2.48. The highest BCUT2D eigenvalue weighted by atomic mass is 16.2. The molecule has 3 aromatic rings. The van der Waals surface area contributed by atoms with Gasteiger partial charge in [-0.25, -0.2) is 4.98 Å². The number of benzene rings is 1. The summed E-state index contributed by atoms with van der Waals surface area (Å²) in [6, 6.07) is 10.2. The van der Waals surface area contributed by atoms with E-state index in [4.69, 9.17) is 15.4 Å². The first-order valence-corrected chi connectivity index (χ1v) is 12.8. The molecule has 2 fully saturated rings. The number of carbonyl (C=O) groups excluding carboxylic acids is 1. The fourth-order valence-electron chi connectivity index (χ4n) is 4.77. The van der Waals surface area contributed by atoms with Crippen LogP contribution in [0, 0.1) is 11.3 Å². The van der Waals surface area contributed by atoms with Crippen LogP contribution in [-0.2, 0) is 4.79 Å². The van der Waals surface area contributed by atoms with Crippen LogP contribution in [0.25, 0.3) is 10.9 Å². The van der Waals surface area contributed by atoms with E-state index in [-0.39, 0.29) is 11.9 Å². The first-order chi connectivity index (χ1) is 17.5. The van der Waals surface area contributed by atoms with Gasteiger partial charge in [-0.2, -0.15) is 4.98 Å². The van der Waals surface area contributed by atoms with Gasteiger partial charge in [0.2, 0.25) is 11.9 Å². The lowest BCUT2D eigenvalue weighted by atomic mass is 9.85. The van der Waals surface area contributed by atoms with Crippen LogP contribution in [-0.4, -0.2) is 64.7 Å². The molecule has 1 saturated carbocycles. The zero-order valence-corrected chi connectivity index (χ0v) is 21.0. The van der Waals surface area contributed by atoms with E-state index >= 15 is 0 Å². The molecule has 5 rings (SSSR count). The Labute approximate surface area is 211 Å². The van der Waals surface area contributed by atoms with Crippen LogP contribution in [0.1, 0.15) is 50.4 Å². The van der Waals surface area contributed by atoms with E-state index in [2.05, 4.69) is 39.6 Å². The van der Waals surface area contributed by atoms with Gasteiger partial charge in [-0.3, -0.25) is 9.78 Å². The number of nitrogens with one attached hydrogen (secondary N) is 3. The third-order valence-corrected chi connectivity index (χ3v) is 7.33. The summed E-state index contributed by atoms with van der Waals surface area (Å²) in [5.41, 5.74) is 3.37. The summed E-state index contributed by atoms with van der Waals surface area (Å²) in [6.07, 6.45) is 6.95. The van der Waals surface area contributed by atoms with Crippen molar-refractivity contribution >= 4 is 40.5 Å². The Hall–Kier alpha value is -3.75. The Kier molecular flexibility index (Phi) is 6.97. The van der Waals surface area contributed by atoms with Gasteiger partial charge in [0.1, 0.15) is 11.4 Å². The van der Waals surface area contributed by atoms with Crippen molar-refractivity contribution in [1.82, 2.24) is 19.9 Å². The van der Waals surface area contributed by atoms with E-state index in [0.29, 0.717) is 49.6 Å². The Bertz CT molecular complexity index is 1250. The summed E-state index contributed by atoms with van der Waals surface area (Å²) in [7, 11) is 0. The number of amides is 1. The largest absolute Gasteiger partial charge is 0.380 e. The molecule has 0 radical (unpaired) electrons. The molecular formula is C27H34N8O. The summed E-state index contributed by atoms with van der Waals surface area (Å²) in [5.74, 6) is 2.01. The second-order valence-electron chi connectivity index (χ2n) is 9.78. The van der Waals surface area contributed by atoms with Crippen molar-refractivity contribution in [1.29, 1.82) is 5.41 Å². The second kappa shape index (κ2) is 10.5. The molecular weight excluding hydrogens is 452 g/mol. The number of fused-ring (bicyclic) bond motifs is 1. The van der Waals surface area contributed by atoms with Gasteiger partial charge in [-0.15, -0.1) is 0 Å². The highest BCUT2D eigenvalue weighted by Gasteiger charge is 2.25. The molecule has 2 aliphatic rings. The van der Waals surface area contributed by atoms with Gasteiger partial charge < -0.3 is 25.8 Å². The third-order valence-electron chi connectivity index (χ3n) is 7.33. The van der Waals surface area contributed by atoms with Crippen LogP contribution < -0.4 is 15.5 Å². The molecule has 1 aliphatic carbocycles. The second-order valence-corrected chi connectivity index (χ2v) is 9.78. The van der Waals surface area contributed by atoms with Crippen molar-refractivity contribution in [3.8, 4) is 0 Å². The van der Waals surface area contributed by atoms with Crippen molar-refractivity contribution in [3.05, 3.63) is 47.8 Å². The molecule has 0 spiro atoms. The fourth-order valence-corrected chi connectivity index (χ4v) is 4.77.